The maximum Gasteiger partial charge on any atom is 0.416 e. The van der Waals surface area contributed by atoms with Gasteiger partial charge in [-0.1, -0.05) is 6.07 Å². The van der Waals surface area contributed by atoms with Crippen molar-refractivity contribution in [1.82, 2.24) is 5.32 Å². The molecule has 0 spiro atoms. The van der Waals surface area contributed by atoms with Crippen LogP contribution in [0.1, 0.15) is 29.3 Å². The van der Waals surface area contributed by atoms with E-state index in [9.17, 15) is 23.1 Å². The quantitative estimate of drug-likeness (QED) is 0.847. The molecule has 21 heavy (non-hydrogen) atoms. The summed E-state index contributed by atoms with van der Waals surface area (Å²) in [5, 5.41) is 12.5. The van der Waals surface area contributed by atoms with Gasteiger partial charge in [0.1, 0.15) is 0 Å². The molecule has 0 aliphatic heterocycles. The minimum atomic E-state index is -4.49. The van der Waals surface area contributed by atoms with Crippen molar-refractivity contribution in [3.8, 4) is 0 Å². The van der Waals surface area contributed by atoms with Gasteiger partial charge in [-0.05, 0) is 43.6 Å². The van der Waals surface area contributed by atoms with Crippen molar-refractivity contribution in [3.05, 3.63) is 35.4 Å². The molecule has 0 heterocycles. The number of alkyl halides is 3. The molecule has 0 saturated heterocycles. The van der Waals surface area contributed by atoms with E-state index in [0.717, 1.165) is 17.9 Å². The van der Waals surface area contributed by atoms with Gasteiger partial charge in [0.25, 0.3) is 5.91 Å². The van der Waals surface area contributed by atoms with Crippen molar-refractivity contribution in [2.75, 3.05) is 18.6 Å². The predicted octanol–water partition coefficient (Wildman–Crippen LogP) is 2.94. The number of thioether (sulfide) groups is 1. The summed E-state index contributed by atoms with van der Waals surface area (Å²) in [6.07, 6.45) is -2.10. The fourth-order valence-electron chi connectivity index (χ4n) is 1.62. The minimum Gasteiger partial charge on any atom is -0.388 e. The molecular weight excluding hydrogens is 303 g/mol. The Kier molecular flexibility index (Phi) is 6.10. The Morgan fingerprint density at radius 3 is 2.62 bits per heavy atom. The average molecular weight is 321 g/mol. The van der Waals surface area contributed by atoms with Crippen LogP contribution in [0.4, 0.5) is 13.2 Å². The van der Waals surface area contributed by atoms with E-state index < -0.39 is 23.2 Å². The Hall–Kier alpha value is -1.21. The van der Waals surface area contributed by atoms with Crippen LogP contribution in [-0.2, 0) is 6.18 Å². The van der Waals surface area contributed by atoms with E-state index in [1.54, 1.807) is 18.7 Å². The Morgan fingerprint density at radius 1 is 1.38 bits per heavy atom. The second-order valence-corrected chi connectivity index (χ2v) is 5.99. The van der Waals surface area contributed by atoms with E-state index in [1.165, 1.54) is 12.1 Å². The van der Waals surface area contributed by atoms with Crippen LogP contribution in [-0.4, -0.2) is 35.2 Å². The third-order valence-corrected chi connectivity index (χ3v) is 3.54. The molecule has 0 radical (unpaired) electrons. The van der Waals surface area contributed by atoms with Gasteiger partial charge < -0.3 is 10.4 Å². The lowest BCUT2D eigenvalue weighted by atomic mass is 10.0. The van der Waals surface area contributed by atoms with Crippen molar-refractivity contribution in [1.29, 1.82) is 0 Å². The van der Waals surface area contributed by atoms with E-state index in [0.29, 0.717) is 6.42 Å². The zero-order valence-corrected chi connectivity index (χ0v) is 12.6. The molecule has 1 rings (SSSR count). The Labute approximate surface area is 125 Å². The molecule has 1 aromatic carbocycles. The number of aliphatic hydroxyl groups is 1. The molecular formula is C14H18F3NO2S. The second-order valence-electron chi connectivity index (χ2n) is 5.00. The molecule has 1 amide bonds. The molecule has 1 atom stereocenters. The van der Waals surface area contributed by atoms with E-state index in [-0.39, 0.29) is 12.1 Å². The van der Waals surface area contributed by atoms with Crippen molar-refractivity contribution in [2.45, 2.75) is 25.1 Å². The zero-order chi connectivity index (χ0) is 16.1. The molecule has 0 saturated carbocycles. The standard InChI is InChI=1S/C14H18F3NO2S/c1-13(20,6-7-21-2)9-18-12(19)10-4-3-5-11(8-10)14(15,16)17/h3-5,8,20H,6-7,9H2,1-2H3,(H,18,19). The van der Waals surface area contributed by atoms with Crippen molar-refractivity contribution in [3.63, 3.8) is 0 Å². The smallest absolute Gasteiger partial charge is 0.388 e. The molecule has 0 aliphatic carbocycles. The largest absolute Gasteiger partial charge is 0.416 e. The highest BCUT2D eigenvalue weighted by Gasteiger charge is 2.31. The van der Waals surface area contributed by atoms with Crippen LogP contribution in [0, 0.1) is 0 Å². The summed E-state index contributed by atoms with van der Waals surface area (Å²) in [6.45, 7) is 1.57. The molecule has 0 aromatic heterocycles. The molecule has 0 bridgehead atoms. The van der Waals surface area contributed by atoms with Crippen LogP contribution < -0.4 is 5.32 Å². The van der Waals surface area contributed by atoms with Crippen LogP contribution in [0.25, 0.3) is 0 Å². The van der Waals surface area contributed by atoms with Gasteiger partial charge in [-0.15, -0.1) is 0 Å². The lowest BCUT2D eigenvalue weighted by molar-refractivity contribution is -0.137. The molecule has 1 unspecified atom stereocenters. The highest BCUT2D eigenvalue weighted by molar-refractivity contribution is 7.98. The number of halogens is 3. The summed E-state index contributed by atoms with van der Waals surface area (Å²) >= 11 is 1.57. The molecule has 1 aromatic rings. The molecule has 0 aliphatic rings. The van der Waals surface area contributed by atoms with E-state index in [4.69, 9.17) is 0 Å². The molecule has 2 N–H and O–H groups in total. The van der Waals surface area contributed by atoms with Crippen LogP contribution >= 0.6 is 11.8 Å². The number of hydrogen-bond donors (Lipinski definition) is 2. The first-order chi connectivity index (χ1) is 9.65. The molecule has 7 heteroatoms. The third kappa shape index (κ3) is 5.97. The maximum atomic E-state index is 12.6. The third-order valence-electron chi connectivity index (χ3n) is 2.93. The number of benzene rings is 1. The number of carbonyl (C=O) groups is 1. The van der Waals surface area contributed by atoms with Gasteiger partial charge in [0, 0.05) is 12.1 Å². The van der Waals surface area contributed by atoms with Gasteiger partial charge in [0.05, 0.1) is 11.2 Å². The first kappa shape index (κ1) is 17.8. The Morgan fingerprint density at radius 2 is 2.05 bits per heavy atom. The van der Waals surface area contributed by atoms with Crippen LogP contribution in [0.3, 0.4) is 0 Å². The number of nitrogens with one attached hydrogen (secondary N) is 1. The number of hydrogen-bond acceptors (Lipinski definition) is 3. The summed E-state index contributed by atoms with van der Waals surface area (Å²) in [5.74, 6) is 0.0948. The fourth-order valence-corrected chi connectivity index (χ4v) is 2.26. The minimum absolute atomic E-state index is 0.0113. The average Bonchev–Trinajstić information content (AvgIpc) is 2.42. The van der Waals surface area contributed by atoms with Crippen molar-refractivity contribution in [2.24, 2.45) is 0 Å². The van der Waals surface area contributed by atoms with E-state index in [2.05, 4.69) is 5.32 Å². The van der Waals surface area contributed by atoms with Crippen molar-refractivity contribution < 1.29 is 23.1 Å². The monoisotopic (exact) mass is 321 g/mol. The molecule has 3 nitrogen and oxygen atoms in total. The second kappa shape index (κ2) is 7.17. The topological polar surface area (TPSA) is 49.3 Å². The fraction of sp³-hybridized carbons (Fsp3) is 0.500. The van der Waals surface area contributed by atoms with Crippen LogP contribution in [0.15, 0.2) is 24.3 Å². The van der Waals surface area contributed by atoms with Crippen molar-refractivity contribution >= 4 is 17.7 Å². The van der Waals surface area contributed by atoms with Gasteiger partial charge >= 0.3 is 6.18 Å². The van der Waals surface area contributed by atoms with E-state index >= 15 is 0 Å². The summed E-state index contributed by atoms with van der Waals surface area (Å²) in [6, 6.07) is 4.20. The lowest BCUT2D eigenvalue weighted by Gasteiger charge is -2.23. The first-order valence-corrected chi connectivity index (χ1v) is 7.72. The summed E-state index contributed by atoms with van der Waals surface area (Å²) in [7, 11) is 0. The van der Waals surface area contributed by atoms with E-state index in [1.807, 2.05) is 6.26 Å². The van der Waals surface area contributed by atoms with Crippen LogP contribution in [0.2, 0.25) is 0 Å². The lowest BCUT2D eigenvalue weighted by Crippen LogP contribution is -2.41. The number of rotatable bonds is 6. The summed E-state index contributed by atoms with van der Waals surface area (Å²) in [5.41, 5.74) is -2.03. The van der Waals surface area contributed by atoms with Gasteiger partial charge in [0.2, 0.25) is 0 Å². The van der Waals surface area contributed by atoms with Gasteiger partial charge in [0.15, 0.2) is 0 Å². The maximum absolute atomic E-state index is 12.6. The predicted molar refractivity (Wildman–Crippen MR) is 77.4 cm³/mol. The Balaban J connectivity index is 2.68. The molecule has 0 fully saturated rings. The van der Waals surface area contributed by atoms with Gasteiger partial charge in [-0.3, -0.25) is 4.79 Å². The number of amides is 1. The zero-order valence-electron chi connectivity index (χ0n) is 11.8. The first-order valence-electron chi connectivity index (χ1n) is 6.32. The highest BCUT2D eigenvalue weighted by Crippen LogP contribution is 2.29. The SMILES string of the molecule is CSCCC(C)(O)CNC(=O)c1cccc(C(F)(F)F)c1. The Bertz CT molecular complexity index is 489. The van der Waals surface area contributed by atoms with Gasteiger partial charge in [-0.25, -0.2) is 0 Å². The van der Waals surface area contributed by atoms with Gasteiger partial charge in [-0.2, -0.15) is 24.9 Å². The number of carbonyl (C=O) groups excluding carboxylic acids is 1. The highest BCUT2D eigenvalue weighted by atomic mass is 32.2. The summed E-state index contributed by atoms with van der Waals surface area (Å²) < 4.78 is 37.7. The normalized spacial score (nSPS) is 14.6. The van der Waals surface area contributed by atoms with Crippen LogP contribution in [0.5, 0.6) is 0 Å². The molecule has 118 valence electrons. The summed E-state index contributed by atoms with van der Waals surface area (Å²) in [4.78, 5) is 11.8.